The average Bonchev–Trinajstić information content (AvgIpc) is 2.91. The second kappa shape index (κ2) is 15.0. The lowest BCUT2D eigenvalue weighted by Crippen LogP contribution is -2.66. The second-order valence-electron chi connectivity index (χ2n) is 11.3. The molecule has 1 aromatic rings. The van der Waals surface area contributed by atoms with Crippen LogP contribution in [-0.2, 0) is 16.1 Å². The molecule has 9 heteroatoms. The highest BCUT2D eigenvalue weighted by Gasteiger charge is 2.44. The summed E-state index contributed by atoms with van der Waals surface area (Å²) in [5, 5.41) is 6.21. The molecule has 1 aliphatic carbocycles. The van der Waals surface area contributed by atoms with E-state index in [1.165, 1.54) is 6.42 Å². The smallest absolute Gasteiger partial charge is 0.318 e. The summed E-state index contributed by atoms with van der Waals surface area (Å²) in [5.41, 5.74) is 0.870. The van der Waals surface area contributed by atoms with Gasteiger partial charge in [0.15, 0.2) is 0 Å². The molecular weight excluding hydrogens is 496 g/mol. The molecule has 1 saturated heterocycles. The minimum Gasteiger partial charge on any atom is -0.497 e. The molecule has 2 fully saturated rings. The summed E-state index contributed by atoms with van der Waals surface area (Å²) in [7, 11) is 3.19. The topological polar surface area (TPSA) is 100 Å². The molecule has 1 aromatic carbocycles. The van der Waals surface area contributed by atoms with Gasteiger partial charge in [0, 0.05) is 38.2 Å². The van der Waals surface area contributed by atoms with Crippen molar-refractivity contribution in [2.24, 2.45) is 5.92 Å². The predicted octanol–water partition coefficient (Wildman–Crippen LogP) is 4.48. The number of urea groups is 1. The van der Waals surface area contributed by atoms with Gasteiger partial charge in [0.1, 0.15) is 17.5 Å². The number of hydrogen-bond acceptors (Lipinski definition) is 5. The van der Waals surface area contributed by atoms with Crippen LogP contribution in [0, 0.1) is 5.92 Å². The van der Waals surface area contributed by atoms with Crippen molar-refractivity contribution in [2.75, 3.05) is 27.3 Å². The Kier molecular flexibility index (Phi) is 11.7. The Morgan fingerprint density at radius 3 is 2.31 bits per heavy atom. The number of ether oxygens (including phenoxy) is 2. The molecule has 0 bridgehead atoms. The number of carbonyl (C=O) groups is 3. The normalized spacial score (nSPS) is 20.2. The van der Waals surface area contributed by atoms with Crippen molar-refractivity contribution in [1.29, 1.82) is 0 Å². The molecule has 39 heavy (non-hydrogen) atoms. The van der Waals surface area contributed by atoms with Crippen molar-refractivity contribution in [3.8, 4) is 11.5 Å². The summed E-state index contributed by atoms with van der Waals surface area (Å²) in [6.45, 7) is 7.43. The van der Waals surface area contributed by atoms with Crippen molar-refractivity contribution in [3.63, 3.8) is 0 Å². The Bertz CT molecular complexity index is 940. The van der Waals surface area contributed by atoms with Crippen molar-refractivity contribution in [1.82, 2.24) is 20.4 Å². The molecule has 0 unspecified atom stereocenters. The molecule has 9 nitrogen and oxygen atoms in total. The van der Waals surface area contributed by atoms with Crippen LogP contribution >= 0.6 is 0 Å². The highest BCUT2D eigenvalue weighted by Crippen LogP contribution is 2.29. The predicted molar refractivity (Wildman–Crippen MR) is 152 cm³/mol. The van der Waals surface area contributed by atoms with Gasteiger partial charge in [0.05, 0.1) is 20.3 Å². The molecule has 2 aliphatic rings. The van der Waals surface area contributed by atoms with Gasteiger partial charge < -0.3 is 29.9 Å². The largest absolute Gasteiger partial charge is 0.497 e. The maximum atomic E-state index is 14.0. The van der Waals surface area contributed by atoms with Crippen LogP contribution in [0.15, 0.2) is 18.2 Å². The number of nitrogens with zero attached hydrogens (tertiary/aromatic N) is 2. The number of amides is 4. The first-order chi connectivity index (χ1) is 18.7. The minimum atomic E-state index is -0.636. The number of methoxy groups -OCH3 is 2. The summed E-state index contributed by atoms with van der Waals surface area (Å²) in [5.74, 6) is 1.30. The van der Waals surface area contributed by atoms with Gasteiger partial charge in [-0.05, 0) is 49.3 Å². The van der Waals surface area contributed by atoms with E-state index >= 15 is 0 Å². The van der Waals surface area contributed by atoms with Gasteiger partial charge in [0.2, 0.25) is 11.8 Å². The molecule has 218 valence electrons. The zero-order valence-electron chi connectivity index (χ0n) is 24.5. The number of benzene rings is 1. The Hall–Kier alpha value is -2.97. The number of rotatable bonds is 12. The Morgan fingerprint density at radius 1 is 1.05 bits per heavy atom. The molecule has 1 heterocycles. The van der Waals surface area contributed by atoms with Gasteiger partial charge in [-0.3, -0.25) is 9.59 Å². The lowest BCUT2D eigenvalue weighted by Gasteiger charge is -2.47. The summed E-state index contributed by atoms with van der Waals surface area (Å²) in [6, 6.07) is 4.40. The molecule has 0 radical (unpaired) electrons. The molecule has 2 atom stereocenters. The SMILES string of the molecule is CCCCNC(=O)C[C@H]1CN(Cc2cc(OC)cc(OC)c2)C(=O)[C@H](CC(C)C)N1C(=O)NC1CCCCC1. The molecule has 2 N–H and O–H groups in total. The van der Waals surface area contributed by atoms with Crippen LogP contribution in [0.25, 0.3) is 0 Å². The second-order valence-corrected chi connectivity index (χ2v) is 11.3. The molecule has 1 aliphatic heterocycles. The van der Waals surface area contributed by atoms with E-state index in [4.69, 9.17) is 9.47 Å². The van der Waals surface area contributed by atoms with Crippen LogP contribution in [0.3, 0.4) is 0 Å². The summed E-state index contributed by atoms with van der Waals surface area (Å²) < 4.78 is 10.9. The first-order valence-corrected chi connectivity index (χ1v) is 14.6. The highest BCUT2D eigenvalue weighted by atomic mass is 16.5. The van der Waals surface area contributed by atoms with Gasteiger partial charge in [-0.15, -0.1) is 0 Å². The van der Waals surface area contributed by atoms with Crippen molar-refractivity contribution in [3.05, 3.63) is 23.8 Å². The van der Waals surface area contributed by atoms with Crippen molar-refractivity contribution >= 4 is 17.8 Å². The van der Waals surface area contributed by atoms with Crippen LogP contribution in [0.2, 0.25) is 0 Å². The zero-order chi connectivity index (χ0) is 28.4. The number of carbonyl (C=O) groups excluding carboxylic acids is 3. The standard InChI is InChI=1S/C30H48N4O5/c1-6-7-13-31-28(35)17-24-20-33(19-22-15-25(38-4)18-26(16-22)39-5)29(36)27(14-21(2)3)34(24)30(37)32-23-11-9-8-10-12-23/h15-16,18,21,23-24,27H,6-14,17,19-20H2,1-5H3,(H,31,35)(H,32,37)/t24-,27-/m0/s1. The van der Waals surface area contributed by atoms with E-state index in [0.717, 1.165) is 44.1 Å². The molecular formula is C30H48N4O5. The lowest BCUT2D eigenvalue weighted by molar-refractivity contribution is -0.145. The number of piperazine rings is 1. The third kappa shape index (κ3) is 8.77. The fourth-order valence-electron chi connectivity index (χ4n) is 5.66. The van der Waals surface area contributed by atoms with E-state index in [1.54, 1.807) is 30.1 Å². The summed E-state index contributed by atoms with van der Waals surface area (Å²) in [6.07, 6.45) is 7.87. The third-order valence-corrected chi connectivity index (χ3v) is 7.68. The summed E-state index contributed by atoms with van der Waals surface area (Å²) >= 11 is 0. The minimum absolute atomic E-state index is 0.0908. The lowest BCUT2D eigenvalue weighted by atomic mass is 9.93. The monoisotopic (exact) mass is 544 g/mol. The van der Waals surface area contributed by atoms with Crippen LogP contribution < -0.4 is 20.1 Å². The number of unbranched alkanes of at least 4 members (excludes halogenated alkanes) is 1. The Morgan fingerprint density at radius 2 is 1.72 bits per heavy atom. The number of nitrogens with one attached hydrogen (secondary N) is 2. The van der Waals surface area contributed by atoms with Gasteiger partial charge in [-0.25, -0.2) is 4.79 Å². The van der Waals surface area contributed by atoms with E-state index < -0.39 is 12.1 Å². The van der Waals surface area contributed by atoms with Gasteiger partial charge >= 0.3 is 6.03 Å². The van der Waals surface area contributed by atoms with E-state index in [1.807, 2.05) is 12.1 Å². The quantitative estimate of drug-likeness (QED) is 0.378. The highest BCUT2D eigenvalue weighted by molar-refractivity contribution is 5.89. The maximum absolute atomic E-state index is 14.0. The average molecular weight is 545 g/mol. The first kappa shape index (κ1) is 30.6. The van der Waals surface area contributed by atoms with Crippen LogP contribution in [-0.4, -0.2) is 73.1 Å². The van der Waals surface area contributed by atoms with Gasteiger partial charge in [-0.1, -0.05) is 46.5 Å². The van der Waals surface area contributed by atoms with Crippen molar-refractivity contribution in [2.45, 2.75) is 103 Å². The van der Waals surface area contributed by atoms with E-state index in [-0.39, 0.29) is 42.8 Å². The van der Waals surface area contributed by atoms with E-state index in [2.05, 4.69) is 31.4 Å². The molecule has 4 amide bonds. The van der Waals surface area contributed by atoms with Crippen molar-refractivity contribution < 1.29 is 23.9 Å². The first-order valence-electron chi connectivity index (χ1n) is 14.6. The fourth-order valence-corrected chi connectivity index (χ4v) is 5.66. The Labute approximate surface area is 234 Å². The fraction of sp³-hybridized carbons (Fsp3) is 0.700. The van der Waals surface area contributed by atoms with Gasteiger partial charge in [0.25, 0.3) is 0 Å². The molecule has 0 spiro atoms. The number of hydrogen-bond donors (Lipinski definition) is 2. The van der Waals surface area contributed by atoms with Crippen LogP contribution in [0.4, 0.5) is 4.79 Å². The molecule has 1 saturated carbocycles. The van der Waals surface area contributed by atoms with Crippen LogP contribution in [0.1, 0.15) is 84.1 Å². The Balaban J connectivity index is 1.89. The zero-order valence-corrected chi connectivity index (χ0v) is 24.5. The molecule has 0 aromatic heterocycles. The van der Waals surface area contributed by atoms with E-state index in [9.17, 15) is 14.4 Å². The molecule has 3 rings (SSSR count). The van der Waals surface area contributed by atoms with Crippen LogP contribution in [0.5, 0.6) is 11.5 Å². The summed E-state index contributed by atoms with van der Waals surface area (Å²) in [4.78, 5) is 44.2. The van der Waals surface area contributed by atoms with Gasteiger partial charge in [-0.2, -0.15) is 0 Å². The maximum Gasteiger partial charge on any atom is 0.318 e. The third-order valence-electron chi connectivity index (χ3n) is 7.68. The van der Waals surface area contributed by atoms with E-state index in [0.29, 0.717) is 31.0 Å².